The molecule has 0 bridgehead atoms. The van der Waals surface area contributed by atoms with E-state index in [2.05, 4.69) is 4.72 Å². The van der Waals surface area contributed by atoms with Gasteiger partial charge in [-0.1, -0.05) is 13.8 Å². The molecule has 17 heavy (non-hydrogen) atoms. The summed E-state index contributed by atoms with van der Waals surface area (Å²) in [6.45, 7) is 7.21. The van der Waals surface area contributed by atoms with Crippen molar-refractivity contribution in [2.24, 2.45) is 5.92 Å². The smallest absolute Gasteiger partial charge is 0.208 e. The lowest BCUT2D eigenvalue weighted by molar-refractivity contribution is 0.476. The SMILES string of the molecule is Cc1cc(S(=O)(=O)N[C@H](C)C(C)C)ccc1F. The van der Waals surface area contributed by atoms with Gasteiger partial charge in [0.25, 0.3) is 0 Å². The molecule has 0 unspecified atom stereocenters. The van der Waals surface area contributed by atoms with Crippen molar-refractivity contribution < 1.29 is 12.8 Å². The van der Waals surface area contributed by atoms with Crippen LogP contribution >= 0.6 is 0 Å². The number of nitrogens with one attached hydrogen (secondary N) is 1. The van der Waals surface area contributed by atoms with Crippen molar-refractivity contribution in [1.82, 2.24) is 4.72 Å². The molecule has 0 aromatic heterocycles. The molecule has 0 saturated carbocycles. The van der Waals surface area contributed by atoms with E-state index in [1.54, 1.807) is 13.8 Å². The number of hydrogen-bond acceptors (Lipinski definition) is 2. The quantitative estimate of drug-likeness (QED) is 0.902. The van der Waals surface area contributed by atoms with Crippen LogP contribution in [0.3, 0.4) is 0 Å². The second-order valence-corrected chi connectivity index (χ2v) is 6.28. The van der Waals surface area contributed by atoms with Gasteiger partial charge in [-0.25, -0.2) is 17.5 Å². The maximum absolute atomic E-state index is 13.1. The minimum Gasteiger partial charge on any atom is -0.208 e. The number of aryl methyl sites for hydroxylation is 1. The van der Waals surface area contributed by atoms with Crippen LogP contribution in [0.2, 0.25) is 0 Å². The lowest BCUT2D eigenvalue weighted by atomic mass is 10.1. The molecule has 0 radical (unpaired) electrons. The van der Waals surface area contributed by atoms with Crippen molar-refractivity contribution in [1.29, 1.82) is 0 Å². The zero-order valence-corrected chi connectivity index (χ0v) is 11.3. The first kappa shape index (κ1) is 14.1. The molecule has 0 spiro atoms. The molecule has 1 aromatic rings. The van der Waals surface area contributed by atoms with Crippen molar-refractivity contribution in [2.45, 2.75) is 38.6 Å². The van der Waals surface area contributed by atoms with E-state index in [0.717, 1.165) is 0 Å². The fourth-order valence-electron chi connectivity index (χ4n) is 1.23. The molecule has 3 nitrogen and oxygen atoms in total. The monoisotopic (exact) mass is 259 g/mol. The van der Waals surface area contributed by atoms with E-state index >= 15 is 0 Å². The van der Waals surface area contributed by atoms with Crippen LogP contribution < -0.4 is 4.72 Å². The number of rotatable bonds is 4. The van der Waals surface area contributed by atoms with E-state index in [-0.39, 0.29) is 16.9 Å². The molecule has 0 amide bonds. The van der Waals surface area contributed by atoms with Gasteiger partial charge in [-0.3, -0.25) is 0 Å². The largest absolute Gasteiger partial charge is 0.240 e. The molecule has 1 aromatic carbocycles. The second kappa shape index (κ2) is 5.14. The fraction of sp³-hybridized carbons (Fsp3) is 0.500. The predicted octanol–water partition coefficient (Wildman–Crippen LogP) is 2.46. The summed E-state index contributed by atoms with van der Waals surface area (Å²) in [5.74, 6) is -0.202. The summed E-state index contributed by atoms with van der Waals surface area (Å²) in [6.07, 6.45) is 0. The highest BCUT2D eigenvalue weighted by atomic mass is 32.2. The van der Waals surface area contributed by atoms with Gasteiger partial charge in [0.2, 0.25) is 10.0 Å². The van der Waals surface area contributed by atoms with Gasteiger partial charge in [-0.2, -0.15) is 0 Å². The van der Waals surface area contributed by atoms with Crippen molar-refractivity contribution in [3.05, 3.63) is 29.6 Å². The van der Waals surface area contributed by atoms with E-state index in [1.807, 2.05) is 13.8 Å². The highest BCUT2D eigenvalue weighted by Crippen LogP contribution is 2.15. The summed E-state index contributed by atoms with van der Waals surface area (Å²) in [5, 5.41) is 0. The van der Waals surface area contributed by atoms with E-state index in [1.165, 1.54) is 18.2 Å². The van der Waals surface area contributed by atoms with Crippen molar-refractivity contribution in [3.63, 3.8) is 0 Å². The van der Waals surface area contributed by atoms with Gasteiger partial charge in [0.15, 0.2) is 0 Å². The summed E-state index contributed by atoms with van der Waals surface area (Å²) in [5.41, 5.74) is 0.324. The first-order valence-corrected chi connectivity index (χ1v) is 7.01. The molecular weight excluding hydrogens is 241 g/mol. The Morgan fingerprint density at radius 3 is 2.29 bits per heavy atom. The predicted molar refractivity (Wildman–Crippen MR) is 65.8 cm³/mol. The molecule has 0 aliphatic carbocycles. The summed E-state index contributed by atoms with van der Waals surface area (Å²) in [7, 11) is -3.56. The van der Waals surface area contributed by atoms with Crippen LogP contribution in [0.4, 0.5) is 4.39 Å². The highest BCUT2D eigenvalue weighted by Gasteiger charge is 2.19. The Morgan fingerprint density at radius 1 is 1.24 bits per heavy atom. The first-order valence-electron chi connectivity index (χ1n) is 5.52. The van der Waals surface area contributed by atoms with E-state index < -0.39 is 15.8 Å². The maximum atomic E-state index is 13.1. The highest BCUT2D eigenvalue weighted by molar-refractivity contribution is 7.89. The van der Waals surface area contributed by atoms with Crippen LogP contribution in [0, 0.1) is 18.7 Å². The van der Waals surface area contributed by atoms with Gasteiger partial charge in [0.1, 0.15) is 5.82 Å². The second-order valence-electron chi connectivity index (χ2n) is 4.56. The van der Waals surface area contributed by atoms with Crippen molar-refractivity contribution in [3.8, 4) is 0 Å². The Balaban J connectivity index is 3.01. The Morgan fingerprint density at radius 2 is 1.82 bits per heavy atom. The zero-order valence-electron chi connectivity index (χ0n) is 10.5. The van der Waals surface area contributed by atoms with Crippen LogP contribution in [0.25, 0.3) is 0 Å². The molecule has 0 aliphatic rings. The molecule has 1 N–H and O–H groups in total. The lowest BCUT2D eigenvalue weighted by Gasteiger charge is -2.17. The van der Waals surface area contributed by atoms with Gasteiger partial charge in [0, 0.05) is 6.04 Å². The standard InChI is InChI=1S/C12H18FNO2S/c1-8(2)10(4)14-17(15,16)11-5-6-12(13)9(3)7-11/h5-8,10,14H,1-4H3/t10-/m1/s1. The summed E-state index contributed by atoms with van der Waals surface area (Å²) in [6, 6.07) is 3.62. The normalized spacial score (nSPS) is 14.0. The molecule has 0 heterocycles. The Hall–Kier alpha value is -0.940. The lowest BCUT2D eigenvalue weighted by Crippen LogP contribution is -2.36. The van der Waals surface area contributed by atoms with Crippen molar-refractivity contribution >= 4 is 10.0 Å². The van der Waals surface area contributed by atoms with Crippen molar-refractivity contribution in [2.75, 3.05) is 0 Å². The van der Waals surface area contributed by atoms with Gasteiger partial charge < -0.3 is 0 Å². The molecule has 96 valence electrons. The van der Waals surface area contributed by atoms with Crippen LogP contribution in [0.1, 0.15) is 26.3 Å². The maximum Gasteiger partial charge on any atom is 0.240 e. The fourth-order valence-corrected chi connectivity index (χ4v) is 2.71. The van der Waals surface area contributed by atoms with E-state index in [4.69, 9.17) is 0 Å². The topological polar surface area (TPSA) is 46.2 Å². The first-order chi connectivity index (χ1) is 7.74. The van der Waals surface area contributed by atoms with E-state index in [0.29, 0.717) is 5.56 Å². The summed E-state index contributed by atoms with van der Waals surface area (Å²) >= 11 is 0. The average Bonchev–Trinajstić information content (AvgIpc) is 2.21. The molecule has 0 saturated heterocycles. The average molecular weight is 259 g/mol. The van der Waals surface area contributed by atoms with E-state index in [9.17, 15) is 12.8 Å². The number of sulfonamides is 1. The number of hydrogen-bond donors (Lipinski definition) is 1. The zero-order chi connectivity index (χ0) is 13.2. The number of halogens is 1. The van der Waals surface area contributed by atoms with Gasteiger partial charge >= 0.3 is 0 Å². The van der Waals surface area contributed by atoms with Crippen LogP contribution in [-0.4, -0.2) is 14.5 Å². The number of benzene rings is 1. The molecule has 5 heteroatoms. The summed E-state index contributed by atoms with van der Waals surface area (Å²) in [4.78, 5) is 0.101. The molecule has 1 rings (SSSR count). The Kier molecular flexibility index (Phi) is 4.27. The molecular formula is C12H18FNO2S. The van der Waals surface area contributed by atoms with Gasteiger partial charge in [0.05, 0.1) is 4.90 Å². The van der Waals surface area contributed by atoms with Gasteiger partial charge in [-0.15, -0.1) is 0 Å². The molecule has 0 fully saturated rings. The summed E-state index contributed by atoms with van der Waals surface area (Å²) < 4.78 is 39.6. The molecule has 1 atom stereocenters. The minimum atomic E-state index is -3.56. The van der Waals surface area contributed by atoms with Crippen LogP contribution in [0.5, 0.6) is 0 Å². The van der Waals surface area contributed by atoms with Crippen LogP contribution in [-0.2, 0) is 10.0 Å². The third-order valence-corrected chi connectivity index (χ3v) is 4.34. The Labute approximate surface area is 102 Å². The van der Waals surface area contributed by atoms with Crippen LogP contribution in [0.15, 0.2) is 23.1 Å². The third kappa shape index (κ3) is 3.51. The molecule has 0 aliphatic heterocycles. The Bertz CT molecular complexity index is 497. The third-order valence-electron chi connectivity index (χ3n) is 2.78. The minimum absolute atomic E-state index is 0.101. The van der Waals surface area contributed by atoms with Gasteiger partial charge in [-0.05, 0) is 43.5 Å².